The molecule has 1 saturated heterocycles. The van der Waals surface area contributed by atoms with Crippen LogP contribution in [0.2, 0.25) is 0 Å². The lowest BCUT2D eigenvalue weighted by Gasteiger charge is -2.22. The van der Waals surface area contributed by atoms with Gasteiger partial charge in [-0.2, -0.15) is 0 Å². The van der Waals surface area contributed by atoms with Crippen LogP contribution >= 0.6 is 24.0 Å². The summed E-state index contributed by atoms with van der Waals surface area (Å²) in [6, 6.07) is 7.87. The van der Waals surface area contributed by atoms with Crippen molar-refractivity contribution in [1.82, 2.24) is 4.90 Å². The first-order valence-corrected chi connectivity index (χ1v) is 9.57. The molecule has 3 aliphatic rings. The molecular formula is C18H18N2O2S2. The summed E-state index contributed by atoms with van der Waals surface area (Å²) in [5.74, 6) is -0.182. The summed E-state index contributed by atoms with van der Waals surface area (Å²) in [6.45, 7) is 2.53. The largest absolute Gasteiger partial charge is 0.308 e. The van der Waals surface area contributed by atoms with Crippen LogP contribution in [0.3, 0.4) is 0 Å². The van der Waals surface area contributed by atoms with E-state index in [1.165, 1.54) is 11.8 Å². The Morgan fingerprint density at radius 1 is 1.17 bits per heavy atom. The lowest BCUT2D eigenvalue weighted by atomic mass is 10.1. The van der Waals surface area contributed by atoms with E-state index in [1.54, 1.807) is 9.80 Å². The second-order valence-corrected chi connectivity index (χ2v) is 7.90. The molecule has 1 saturated carbocycles. The first-order chi connectivity index (χ1) is 11.6. The van der Waals surface area contributed by atoms with Crippen LogP contribution in [0.4, 0.5) is 5.69 Å². The van der Waals surface area contributed by atoms with Gasteiger partial charge in [-0.25, -0.2) is 0 Å². The van der Waals surface area contributed by atoms with E-state index < -0.39 is 0 Å². The number of carbonyl (C=O) groups is 2. The maximum Gasteiger partial charge on any atom is 0.267 e. The van der Waals surface area contributed by atoms with E-state index in [0.717, 1.165) is 36.9 Å². The van der Waals surface area contributed by atoms with E-state index in [4.69, 9.17) is 12.2 Å². The highest BCUT2D eigenvalue weighted by atomic mass is 32.2. The first kappa shape index (κ1) is 15.8. The van der Waals surface area contributed by atoms with Gasteiger partial charge in [0.15, 0.2) is 0 Å². The second kappa shape index (κ2) is 6.01. The van der Waals surface area contributed by atoms with Gasteiger partial charge in [-0.3, -0.25) is 14.5 Å². The molecule has 0 atom stereocenters. The van der Waals surface area contributed by atoms with Gasteiger partial charge in [-0.1, -0.05) is 55.0 Å². The van der Waals surface area contributed by atoms with Gasteiger partial charge in [-0.05, 0) is 25.8 Å². The third-order valence-electron chi connectivity index (χ3n) is 4.96. The van der Waals surface area contributed by atoms with Crippen LogP contribution in [0.5, 0.6) is 0 Å². The van der Waals surface area contributed by atoms with E-state index in [2.05, 4.69) is 0 Å². The van der Waals surface area contributed by atoms with Crippen LogP contribution in [0.1, 0.15) is 38.2 Å². The molecule has 2 aliphatic heterocycles. The molecule has 1 aromatic rings. The number of thiocarbonyl (C=S) groups is 1. The lowest BCUT2D eigenvalue weighted by Crippen LogP contribution is -2.37. The fourth-order valence-electron chi connectivity index (χ4n) is 3.82. The molecule has 0 bridgehead atoms. The van der Waals surface area contributed by atoms with Gasteiger partial charge in [-0.15, -0.1) is 0 Å². The number of hydrogen-bond donors (Lipinski definition) is 0. The van der Waals surface area contributed by atoms with Crippen LogP contribution in [0.15, 0.2) is 29.2 Å². The van der Waals surface area contributed by atoms with Gasteiger partial charge in [0.05, 0.1) is 16.2 Å². The smallest absolute Gasteiger partial charge is 0.267 e. The summed E-state index contributed by atoms with van der Waals surface area (Å²) in [4.78, 5) is 29.9. The molecule has 124 valence electrons. The molecule has 2 amide bonds. The number of rotatable bonds is 2. The molecule has 4 nitrogen and oxygen atoms in total. The Balaban J connectivity index is 1.81. The number of anilines is 1. The van der Waals surface area contributed by atoms with Crippen LogP contribution in [-0.2, 0) is 9.59 Å². The quantitative estimate of drug-likeness (QED) is 0.599. The Hall–Kier alpha value is -1.66. The molecule has 0 aromatic heterocycles. The predicted molar refractivity (Wildman–Crippen MR) is 101 cm³/mol. The number of hydrogen-bond acceptors (Lipinski definition) is 4. The molecule has 4 rings (SSSR count). The van der Waals surface area contributed by atoms with Crippen molar-refractivity contribution >= 4 is 51.4 Å². The predicted octanol–water partition coefficient (Wildman–Crippen LogP) is 3.57. The van der Waals surface area contributed by atoms with Gasteiger partial charge in [0, 0.05) is 18.2 Å². The standard InChI is InChI=1S/C18H18N2O2S2/c1-2-19-13-10-6-5-9-12(13)14(16(19)21)15-17(22)20(18(23)24-15)11-7-3-4-8-11/h5-6,9-11H,2-4,7-8H2,1H3. The maximum atomic E-state index is 13.0. The highest BCUT2D eigenvalue weighted by Gasteiger charge is 2.44. The minimum absolute atomic E-state index is 0.0898. The van der Waals surface area contributed by atoms with E-state index in [-0.39, 0.29) is 17.9 Å². The van der Waals surface area contributed by atoms with Crippen molar-refractivity contribution in [3.63, 3.8) is 0 Å². The number of amides is 2. The Morgan fingerprint density at radius 2 is 1.88 bits per heavy atom. The fourth-order valence-corrected chi connectivity index (χ4v) is 5.29. The van der Waals surface area contributed by atoms with Crippen molar-refractivity contribution in [3.05, 3.63) is 34.7 Å². The highest BCUT2D eigenvalue weighted by Crippen LogP contribution is 2.45. The molecule has 1 aromatic carbocycles. The minimum Gasteiger partial charge on any atom is -0.308 e. The lowest BCUT2D eigenvalue weighted by molar-refractivity contribution is -0.123. The van der Waals surface area contributed by atoms with Crippen LogP contribution < -0.4 is 4.90 Å². The van der Waals surface area contributed by atoms with Crippen LogP contribution in [0, 0.1) is 0 Å². The number of para-hydroxylation sites is 1. The van der Waals surface area contributed by atoms with Crippen molar-refractivity contribution in [2.75, 3.05) is 11.4 Å². The van der Waals surface area contributed by atoms with E-state index in [1.807, 2.05) is 31.2 Å². The minimum atomic E-state index is -0.0920. The van der Waals surface area contributed by atoms with Crippen molar-refractivity contribution in [1.29, 1.82) is 0 Å². The van der Waals surface area contributed by atoms with Crippen LogP contribution in [0.25, 0.3) is 5.57 Å². The number of fused-ring (bicyclic) bond motifs is 1. The Morgan fingerprint density at radius 3 is 2.58 bits per heavy atom. The zero-order valence-corrected chi connectivity index (χ0v) is 15.1. The van der Waals surface area contributed by atoms with E-state index >= 15 is 0 Å². The number of carbonyl (C=O) groups excluding carboxylic acids is 2. The second-order valence-electron chi connectivity index (χ2n) is 6.25. The zero-order chi connectivity index (χ0) is 16.8. The molecular weight excluding hydrogens is 340 g/mol. The monoisotopic (exact) mass is 358 g/mol. The van der Waals surface area contributed by atoms with Gasteiger partial charge >= 0.3 is 0 Å². The third kappa shape index (κ3) is 2.24. The normalized spacial score (nSPS) is 24.5. The SMILES string of the molecule is CCN1C(=O)C(=C2SC(=S)N(C3CCCC3)C2=O)c2ccccc21. The van der Waals surface area contributed by atoms with Crippen molar-refractivity contribution in [2.45, 2.75) is 38.6 Å². The summed E-state index contributed by atoms with van der Waals surface area (Å²) < 4.78 is 0.592. The molecule has 6 heteroatoms. The zero-order valence-electron chi connectivity index (χ0n) is 13.4. The summed E-state index contributed by atoms with van der Waals surface area (Å²) >= 11 is 6.76. The molecule has 0 radical (unpaired) electrons. The summed E-state index contributed by atoms with van der Waals surface area (Å²) in [5.41, 5.74) is 2.24. The molecule has 0 spiro atoms. The molecule has 0 unspecified atom stereocenters. The number of nitrogens with zero attached hydrogens (tertiary/aromatic N) is 2. The first-order valence-electron chi connectivity index (χ1n) is 8.34. The van der Waals surface area contributed by atoms with Gasteiger partial charge in [0.2, 0.25) is 0 Å². The number of benzene rings is 1. The molecule has 2 fully saturated rings. The topological polar surface area (TPSA) is 40.6 Å². The Labute approximate surface area is 150 Å². The molecule has 0 N–H and O–H groups in total. The van der Waals surface area contributed by atoms with Crippen molar-refractivity contribution in [2.24, 2.45) is 0 Å². The molecule has 1 aliphatic carbocycles. The van der Waals surface area contributed by atoms with Crippen LogP contribution in [-0.4, -0.2) is 33.6 Å². The van der Waals surface area contributed by atoms with Gasteiger partial charge in [0.1, 0.15) is 4.32 Å². The highest BCUT2D eigenvalue weighted by molar-refractivity contribution is 8.26. The van der Waals surface area contributed by atoms with Gasteiger partial charge < -0.3 is 4.90 Å². The fraction of sp³-hybridized carbons (Fsp3) is 0.389. The maximum absolute atomic E-state index is 13.0. The average molecular weight is 358 g/mol. The summed E-state index contributed by atoms with van der Waals surface area (Å²) in [5, 5.41) is 0. The third-order valence-corrected chi connectivity index (χ3v) is 6.36. The van der Waals surface area contributed by atoms with E-state index in [9.17, 15) is 9.59 Å². The average Bonchev–Trinajstić information content (AvgIpc) is 3.24. The molecule has 24 heavy (non-hydrogen) atoms. The van der Waals surface area contributed by atoms with Gasteiger partial charge in [0.25, 0.3) is 11.8 Å². The number of thioether (sulfide) groups is 1. The molecule has 2 heterocycles. The van der Waals surface area contributed by atoms with Crippen molar-refractivity contribution < 1.29 is 9.59 Å². The summed E-state index contributed by atoms with van der Waals surface area (Å²) in [6.07, 6.45) is 4.28. The number of likely N-dealkylation sites (N-methyl/N-ethyl adjacent to an activating group) is 1. The van der Waals surface area contributed by atoms with Crippen molar-refractivity contribution in [3.8, 4) is 0 Å². The Bertz CT molecular complexity index is 781. The Kier molecular flexibility index (Phi) is 3.96. The summed E-state index contributed by atoms with van der Waals surface area (Å²) in [7, 11) is 0. The van der Waals surface area contributed by atoms with E-state index in [0.29, 0.717) is 21.3 Å².